The molecule has 1 saturated heterocycles. The van der Waals surface area contributed by atoms with E-state index in [9.17, 15) is 0 Å². The largest absolute Gasteiger partial charge is 0.316 e. The maximum Gasteiger partial charge on any atom is 0.0175 e. The Morgan fingerprint density at radius 1 is 1.33 bits per heavy atom. The van der Waals surface area contributed by atoms with E-state index >= 15 is 0 Å². The van der Waals surface area contributed by atoms with Crippen LogP contribution in [0, 0.1) is 5.41 Å². The van der Waals surface area contributed by atoms with Crippen molar-refractivity contribution in [3.05, 3.63) is 34.3 Å². The molecule has 1 heterocycles. The van der Waals surface area contributed by atoms with Gasteiger partial charge in [-0.3, -0.25) is 0 Å². The van der Waals surface area contributed by atoms with Crippen molar-refractivity contribution >= 4 is 15.9 Å². The molecule has 82 valence electrons. The summed E-state index contributed by atoms with van der Waals surface area (Å²) in [4.78, 5) is 0. The number of rotatable bonds is 2. The second kappa shape index (κ2) is 4.26. The van der Waals surface area contributed by atoms with Gasteiger partial charge < -0.3 is 5.32 Å². The lowest BCUT2D eigenvalue weighted by Crippen LogP contribution is -2.26. The van der Waals surface area contributed by atoms with Gasteiger partial charge in [0.2, 0.25) is 0 Å². The first-order valence-corrected chi connectivity index (χ1v) is 6.37. The first-order valence-electron chi connectivity index (χ1n) is 5.58. The van der Waals surface area contributed by atoms with Crippen molar-refractivity contribution in [2.24, 2.45) is 5.41 Å². The minimum absolute atomic E-state index is 0.424. The summed E-state index contributed by atoms with van der Waals surface area (Å²) in [5, 5.41) is 3.47. The van der Waals surface area contributed by atoms with Gasteiger partial charge in [0.1, 0.15) is 0 Å². The Morgan fingerprint density at radius 3 is 2.53 bits per heavy atom. The van der Waals surface area contributed by atoms with E-state index < -0.39 is 0 Å². The molecule has 1 aromatic carbocycles. The van der Waals surface area contributed by atoms with Crippen molar-refractivity contribution in [1.29, 1.82) is 0 Å². The van der Waals surface area contributed by atoms with E-state index in [0.717, 1.165) is 17.6 Å². The van der Waals surface area contributed by atoms with Gasteiger partial charge in [0.25, 0.3) is 0 Å². The molecule has 2 atom stereocenters. The maximum atomic E-state index is 3.48. The van der Waals surface area contributed by atoms with Gasteiger partial charge in [-0.15, -0.1) is 0 Å². The van der Waals surface area contributed by atoms with Gasteiger partial charge in [-0.05, 0) is 42.0 Å². The molecule has 1 aromatic rings. The average Bonchev–Trinajstić information content (AvgIpc) is 2.67. The molecular formula is C13H18BrN. The van der Waals surface area contributed by atoms with Crippen molar-refractivity contribution in [3.8, 4) is 0 Å². The molecule has 0 radical (unpaired) electrons. The maximum absolute atomic E-state index is 3.48. The van der Waals surface area contributed by atoms with Crippen LogP contribution in [0.3, 0.4) is 0 Å². The number of hydrogen-bond donors (Lipinski definition) is 1. The molecule has 1 nitrogen and oxygen atoms in total. The topological polar surface area (TPSA) is 12.0 Å². The third-order valence-electron chi connectivity index (χ3n) is 3.82. The highest BCUT2D eigenvalue weighted by molar-refractivity contribution is 9.10. The second-order valence-electron chi connectivity index (χ2n) is 4.85. The van der Waals surface area contributed by atoms with Crippen LogP contribution in [-0.4, -0.2) is 13.1 Å². The van der Waals surface area contributed by atoms with E-state index in [-0.39, 0.29) is 0 Å². The molecule has 0 amide bonds. The van der Waals surface area contributed by atoms with Crippen molar-refractivity contribution in [3.63, 3.8) is 0 Å². The van der Waals surface area contributed by atoms with Crippen molar-refractivity contribution in [2.75, 3.05) is 13.1 Å². The zero-order valence-electron chi connectivity index (χ0n) is 9.39. The highest BCUT2D eigenvalue weighted by Crippen LogP contribution is 2.40. The third-order valence-corrected chi connectivity index (χ3v) is 4.35. The number of benzene rings is 1. The Kier molecular flexibility index (Phi) is 3.17. The summed E-state index contributed by atoms with van der Waals surface area (Å²) in [5.41, 5.74) is 1.87. The van der Waals surface area contributed by atoms with Gasteiger partial charge in [0, 0.05) is 11.0 Å². The molecule has 2 rings (SSSR count). The van der Waals surface area contributed by atoms with Crippen LogP contribution in [0.5, 0.6) is 0 Å². The van der Waals surface area contributed by atoms with Crippen LogP contribution in [0.2, 0.25) is 0 Å². The highest BCUT2D eigenvalue weighted by atomic mass is 79.9. The van der Waals surface area contributed by atoms with Gasteiger partial charge >= 0.3 is 0 Å². The van der Waals surface area contributed by atoms with Gasteiger partial charge in [-0.2, -0.15) is 0 Å². The molecule has 0 aromatic heterocycles. The Bertz CT molecular complexity index is 325. The standard InChI is InChI=1S/C13H18BrN/c1-10(13(2)7-8-15-9-13)11-3-5-12(14)6-4-11/h3-6,10,15H,7-9H2,1-2H3/t10-,13-/m1/s1. The van der Waals surface area contributed by atoms with Crippen molar-refractivity contribution in [1.82, 2.24) is 5.32 Å². The first kappa shape index (κ1) is 11.2. The average molecular weight is 268 g/mol. The van der Waals surface area contributed by atoms with Gasteiger partial charge in [0.15, 0.2) is 0 Å². The van der Waals surface area contributed by atoms with E-state index in [2.05, 4.69) is 59.4 Å². The van der Waals surface area contributed by atoms with E-state index in [0.29, 0.717) is 11.3 Å². The van der Waals surface area contributed by atoms with Crippen LogP contribution in [0.25, 0.3) is 0 Å². The fourth-order valence-electron chi connectivity index (χ4n) is 2.36. The lowest BCUT2D eigenvalue weighted by molar-refractivity contribution is 0.300. The molecule has 0 aliphatic carbocycles. The first-order chi connectivity index (χ1) is 7.12. The van der Waals surface area contributed by atoms with Crippen molar-refractivity contribution in [2.45, 2.75) is 26.2 Å². The summed E-state index contributed by atoms with van der Waals surface area (Å²) in [5.74, 6) is 0.626. The molecule has 0 bridgehead atoms. The van der Waals surface area contributed by atoms with Crippen LogP contribution in [0.1, 0.15) is 31.7 Å². The summed E-state index contributed by atoms with van der Waals surface area (Å²) in [7, 11) is 0. The quantitative estimate of drug-likeness (QED) is 0.864. The Balaban J connectivity index is 2.19. The molecule has 2 heteroatoms. The predicted octanol–water partition coefficient (Wildman–Crippen LogP) is 3.55. The van der Waals surface area contributed by atoms with Crippen LogP contribution in [-0.2, 0) is 0 Å². The van der Waals surface area contributed by atoms with Crippen LogP contribution in [0.4, 0.5) is 0 Å². The molecule has 1 N–H and O–H groups in total. The molecular weight excluding hydrogens is 250 g/mol. The molecule has 1 fully saturated rings. The predicted molar refractivity (Wildman–Crippen MR) is 68.2 cm³/mol. The van der Waals surface area contributed by atoms with Gasteiger partial charge in [-0.1, -0.05) is 41.9 Å². The fourth-order valence-corrected chi connectivity index (χ4v) is 2.62. The van der Waals surface area contributed by atoms with Gasteiger partial charge in [-0.25, -0.2) is 0 Å². The number of nitrogens with one attached hydrogen (secondary N) is 1. The van der Waals surface area contributed by atoms with E-state index in [1.165, 1.54) is 12.0 Å². The van der Waals surface area contributed by atoms with Gasteiger partial charge in [0.05, 0.1) is 0 Å². The van der Waals surface area contributed by atoms with Crippen LogP contribution < -0.4 is 5.32 Å². The van der Waals surface area contributed by atoms with E-state index in [1.54, 1.807) is 0 Å². The van der Waals surface area contributed by atoms with Crippen LogP contribution >= 0.6 is 15.9 Å². The second-order valence-corrected chi connectivity index (χ2v) is 5.77. The smallest absolute Gasteiger partial charge is 0.0175 e. The monoisotopic (exact) mass is 267 g/mol. The fraction of sp³-hybridized carbons (Fsp3) is 0.538. The molecule has 15 heavy (non-hydrogen) atoms. The molecule has 1 aliphatic rings. The normalized spacial score (nSPS) is 27.9. The Hall–Kier alpha value is -0.340. The third kappa shape index (κ3) is 2.26. The molecule has 1 aliphatic heterocycles. The molecule has 0 unspecified atom stereocenters. The SMILES string of the molecule is C[C@H](c1ccc(Br)cc1)[C@]1(C)CCNC1. The highest BCUT2D eigenvalue weighted by Gasteiger charge is 2.34. The summed E-state index contributed by atoms with van der Waals surface area (Å²) >= 11 is 3.48. The lowest BCUT2D eigenvalue weighted by Gasteiger charge is -2.31. The molecule has 0 spiro atoms. The van der Waals surface area contributed by atoms with Crippen molar-refractivity contribution < 1.29 is 0 Å². The summed E-state index contributed by atoms with van der Waals surface area (Å²) in [6.45, 7) is 7.04. The zero-order valence-corrected chi connectivity index (χ0v) is 11.0. The number of hydrogen-bond acceptors (Lipinski definition) is 1. The Labute approximate surface area is 100 Å². The summed E-state index contributed by atoms with van der Waals surface area (Å²) in [6.07, 6.45) is 1.28. The minimum atomic E-state index is 0.424. The minimum Gasteiger partial charge on any atom is -0.316 e. The summed E-state index contributed by atoms with van der Waals surface area (Å²) < 4.78 is 1.16. The molecule has 0 saturated carbocycles. The lowest BCUT2D eigenvalue weighted by atomic mass is 9.74. The zero-order chi connectivity index (χ0) is 10.9. The van der Waals surface area contributed by atoms with Crippen LogP contribution in [0.15, 0.2) is 28.7 Å². The van der Waals surface area contributed by atoms with E-state index in [1.807, 2.05) is 0 Å². The van der Waals surface area contributed by atoms with E-state index in [4.69, 9.17) is 0 Å². The summed E-state index contributed by atoms with van der Waals surface area (Å²) in [6, 6.07) is 8.74. The number of halogens is 1. The Morgan fingerprint density at radius 2 is 2.00 bits per heavy atom.